The number of aromatic nitrogens is 2. The maximum atomic E-state index is 4.48. The molecule has 0 radical (unpaired) electrons. The molecule has 0 saturated heterocycles. The number of nitrogens with one attached hydrogen (secondary N) is 1. The molecule has 0 atom stereocenters. The van der Waals surface area contributed by atoms with Crippen molar-refractivity contribution < 1.29 is 0 Å². The number of hydrogen-bond acceptors (Lipinski definition) is 2. The molecular weight excluding hydrogens is 180 g/mol. The zero-order chi connectivity index (χ0) is 9.26. The Balaban J connectivity index is 2.00. The van der Waals surface area contributed by atoms with Crippen LogP contribution in [0.2, 0.25) is 0 Å². The highest BCUT2D eigenvalue weighted by Gasteiger charge is 2.17. The van der Waals surface area contributed by atoms with Crippen LogP contribution in [-0.4, -0.2) is 15.2 Å². The zero-order valence-electron chi connectivity index (χ0n) is 8.26. The molecule has 0 bridgehead atoms. The van der Waals surface area contributed by atoms with Crippen LogP contribution < -0.4 is 0 Å². The first-order valence-corrected chi connectivity index (χ1v) is 5.83. The largest absolute Gasteiger partial charge is 0.337 e. The Morgan fingerprint density at radius 1 is 1.31 bits per heavy atom. The van der Waals surface area contributed by atoms with Crippen molar-refractivity contribution in [3.63, 3.8) is 0 Å². The third-order valence-corrected chi connectivity index (χ3v) is 3.91. The maximum Gasteiger partial charge on any atom is 0.166 e. The summed E-state index contributed by atoms with van der Waals surface area (Å²) in [5, 5.41) is 1.92. The van der Waals surface area contributed by atoms with Gasteiger partial charge in [-0.05, 0) is 26.7 Å². The van der Waals surface area contributed by atoms with Crippen LogP contribution in [0.4, 0.5) is 0 Å². The SMILES string of the molecule is Cc1nc(SC2CCCC2)[nH]c1C. The van der Waals surface area contributed by atoms with Gasteiger partial charge in [0.05, 0.1) is 5.69 Å². The van der Waals surface area contributed by atoms with Gasteiger partial charge in [0.25, 0.3) is 0 Å². The molecule has 1 heterocycles. The molecule has 1 saturated carbocycles. The smallest absolute Gasteiger partial charge is 0.166 e. The molecule has 1 aliphatic rings. The molecule has 2 rings (SSSR count). The van der Waals surface area contributed by atoms with Crippen LogP contribution in [0.1, 0.15) is 37.1 Å². The lowest BCUT2D eigenvalue weighted by Crippen LogP contribution is -1.93. The van der Waals surface area contributed by atoms with Crippen LogP contribution in [0.3, 0.4) is 0 Å². The summed E-state index contributed by atoms with van der Waals surface area (Å²) in [5.74, 6) is 0. The summed E-state index contributed by atoms with van der Waals surface area (Å²) in [5.41, 5.74) is 2.35. The van der Waals surface area contributed by atoms with E-state index in [0.29, 0.717) is 0 Å². The van der Waals surface area contributed by atoms with Gasteiger partial charge in [-0.15, -0.1) is 0 Å². The molecule has 1 aliphatic carbocycles. The molecule has 72 valence electrons. The van der Waals surface area contributed by atoms with Gasteiger partial charge in [-0.25, -0.2) is 4.98 Å². The van der Waals surface area contributed by atoms with Gasteiger partial charge in [0.2, 0.25) is 0 Å². The summed E-state index contributed by atoms with van der Waals surface area (Å²) in [6.07, 6.45) is 5.53. The molecule has 0 unspecified atom stereocenters. The van der Waals surface area contributed by atoms with Crippen molar-refractivity contribution in [2.45, 2.75) is 49.9 Å². The molecular formula is C10H16N2S. The molecule has 0 aromatic carbocycles. The van der Waals surface area contributed by atoms with E-state index in [1.807, 2.05) is 11.8 Å². The first-order valence-electron chi connectivity index (χ1n) is 4.95. The Hall–Kier alpha value is -0.440. The molecule has 1 fully saturated rings. The Morgan fingerprint density at radius 3 is 2.54 bits per heavy atom. The second kappa shape index (κ2) is 3.74. The topological polar surface area (TPSA) is 28.7 Å². The van der Waals surface area contributed by atoms with Crippen LogP contribution in [0, 0.1) is 13.8 Å². The van der Waals surface area contributed by atoms with Crippen LogP contribution in [-0.2, 0) is 0 Å². The average Bonchev–Trinajstić information content (AvgIpc) is 2.64. The zero-order valence-corrected chi connectivity index (χ0v) is 9.08. The highest BCUT2D eigenvalue weighted by molar-refractivity contribution is 7.99. The van der Waals surface area contributed by atoms with Crippen molar-refractivity contribution >= 4 is 11.8 Å². The Kier molecular flexibility index (Phi) is 2.63. The summed E-state index contributed by atoms with van der Waals surface area (Å²) >= 11 is 1.92. The van der Waals surface area contributed by atoms with Crippen molar-refractivity contribution in [2.75, 3.05) is 0 Å². The number of aryl methyl sites for hydroxylation is 2. The standard InChI is InChI=1S/C10H16N2S/c1-7-8(2)12-10(11-7)13-9-5-3-4-6-9/h9H,3-6H2,1-2H3,(H,11,12). The number of imidazole rings is 1. The monoisotopic (exact) mass is 196 g/mol. The summed E-state index contributed by atoms with van der Waals surface area (Å²) in [4.78, 5) is 7.80. The molecule has 1 N–H and O–H groups in total. The lowest BCUT2D eigenvalue weighted by Gasteiger charge is -2.04. The normalized spacial score (nSPS) is 18.3. The summed E-state index contributed by atoms with van der Waals surface area (Å²) in [7, 11) is 0. The van der Waals surface area contributed by atoms with Gasteiger partial charge in [0, 0.05) is 10.9 Å². The quantitative estimate of drug-likeness (QED) is 0.787. The first kappa shape index (κ1) is 9.13. The van der Waals surface area contributed by atoms with E-state index in [-0.39, 0.29) is 0 Å². The number of rotatable bonds is 2. The van der Waals surface area contributed by atoms with E-state index in [0.717, 1.165) is 16.1 Å². The molecule has 1 aromatic rings. The Morgan fingerprint density at radius 2 is 2.00 bits per heavy atom. The number of nitrogens with zero attached hydrogens (tertiary/aromatic N) is 1. The minimum atomic E-state index is 0.810. The molecule has 1 aromatic heterocycles. The number of H-pyrrole nitrogens is 1. The third-order valence-electron chi connectivity index (χ3n) is 2.69. The number of hydrogen-bond donors (Lipinski definition) is 1. The van der Waals surface area contributed by atoms with E-state index >= 15 is 0 Å². The minimum absolute atomic E-state index is 0.810. The van der Waals surface area contributed by atoms with Crippen molar-refractivity contribution in [1.29, 1.82) is 0 Å². The highest BCUT2D eigenvalue weighted by Crippen LogP contribution is 2.33. The predicted molar refractivity (Wildman–Crippen MR) is 56.2 cm³/mol. The third kappa shape index (κ3) is 2.08. The van der Waals surface area contributed by atoms with Gasteiger partial charge in [-0.2, -0.15) is 0 Å². The molecule has 13 heavy (non-hydrogen) atoms. The van der Waals surface area contributed by atoms with Crippen molar-refractivity contribution in [2.24, 2.45) is 0 Å². The van der Waals surface area contributed by atoms with Crippen LogP contribution in [0.15, 0.2) is 5.16 Å². The van der Waals surface area contributed by atoms with Gasteiger partial charge < -0.3 is 4.98 Å². The van der Waals surface area contributed by atoms with E-state index in [9.17, 15) is 0 Å². The maximum absolute atomic E-state index is 4.48. The summed E-state index contributed by atoms with van der Waals surface area (Å²) < 4.78 is 0. The number of aromatic amines is 1. The Labute approximate surface area is 83.5 Å². The van der Waals surface area contributed by atoms with E-state index in [1.54, 1.807) is 0 Å². The second-order valence-electron chi connectivity index (χ2n) is 3.78. The van der Waals surface area contributed by atoms with Crippen molar-refractivity contribution in [1.82, 2.24) is 9.97 Å². The van der Waals surface area contributed by atoms with Crippen LogP contribution in [0.25, 0.3) is 0 Å². The number of thioether (sulfide) groups is 1. The molecule has 0 amide bonds. The average molecular weight is 196 g/mol. The Bertz CT molecular complexity index is 268. The van der Waals surface area contributed by atoms with Gasteiger partial charge in [0.1, 0.15) is 0 Å². The minimum Gasteiger partial charge on any atom is -0.337 e. The van der Waals surface area contributed by atoms with Crippen LogP contribution in [0.5, 0.6) is 0 Å². The van der Waals surface area contributed by atoms with Crippen molar-refractivity contribution in [3.05, 3.63) is 11.4 Å². The molecule has 3 heteroatoms. The fraction of sp³-hybridized carbons (Fsp3) is 0.700. The van der Waals surface area contributed by atoms with E-state index in [2.05, 4.69) is 23.8 Å². The fourth-order valence-corrected chi connectivity index (χ4v) is 3.02. The fourth-order valence-electron chi connectivity index (χ4n) is 1.73. The highest BCUT2D eigenvalue weighted by atomic mass is 32.2. The lowest BCUT2D eigenvalue weighted by molar-refractivity contribution is 0.886. The van der Waals surface area contributed by atoms with Gasteiger partial charge in [0.15, 0.2) is 5.16 Å². The van der Waals surface area contributed by atoms with E-state index in [1.165, 1.54) is 31.4 Å². The lowest BCUT2D eigenvalue weighted by atomic mass is 10.4. The van der Waals surface area contributed by atoms with Crippen molar-refractivity contribution in [3.8, 4) is 0 Å². The van der Waals surface area contributed by atoms with Gasteiger partial charge in [-0.1, -0.05) is 24.6 Å². The van der Waals surface area contributed by atoms with Gasteiger partial charge in [-0.3, -0.25) is 0 Å². The predicted octanol–water partition coefficient (Wildman–Crippen LogP) is 3.06. The molecule has 2 nitrogen and oxygen atoms in total. The van der Waals surface area contributed by atoms with Gasteiger partial charge >= 0.3 is 0 Å². The molecule has 0 aliphatic heterocycles. The molecule has 0 spiro atoms. The van der Waals surface area contributed by atoms with E-state index in [4.69, 9.17) is 0 Å². The summed E-state index contributed by atoms with van der Waals surface area (Å²) in [6, 6.07) is 0. The summed E-state index contributed by atoms with van der Waals surface area (Å²) in [6.45, 7) is 4.14. The van der Waals surface area contributed by atoms with E-state index < -0.39 is 0 Å². The van der Waals surface area contributed by atoms with Crippen LogP contribution >= 0.6 is 11.8 Å². The first-order chi connectivity index (χ1) is 6.25. The second-order valence-corrected chi connectivity index (χ2v) is 5.07.